The normalized spacial score (nSPS) is 33.7. The number of rotatable bonds is 4. The van der Waals surface area contributed by atoms with Crippen LogP contribution in [0.5, 0.6) is 0 Å². The lowest BCUT2D eigenvalue weighted by Crippen LogP contribution is -2.39. The molecule has 2 aliphatic rings. The number of carboxylic acids is 1. The van der Waals surface area contributed by atoms with Gasteiger partial charge in [-0.15, -0.1) is 0 Å². The molecule has 2 rings (SSSR count). The van der Waals surface area contributed by atoms with E-state index in [1.165, 1.54) is 19.3 Å². The molecule has 1 aliphatic heterocycles. The molecule has 0 aromatic carbocycles. The zero-order valence-electron chi connectivity index (χ0n) is 13.4. The van der Waals surface area contributed by atoms with Crippen molar-refractivity contribution in [2.75, 3.05) is 13.1 Å². The molecule has 1 heterocycles. The summed E-state index contributed by atoms with van der Waals surface area (Å²) in [7, 11) is 0. The molecule has 1 saturated carbocycles. The number of carboxylic acid groups (broad SMARTS) is 1. The molecule has 0 spiro atoms. The predicted octanol–water partition coefficient (Wildman–Crippen LogP) is 3.16. The van der Waals surface area contributed by atoms with Crippen LogP contribution in [0, 0.1) is 23.7 Å². The lowest BCUT2D eigenvalue weighted by Gasteiger charge is -2.26. The molecule has 120 valence electrons. The number of likely N-dealkylation sites (tertiary alicyclic amines) is 1. The molecule has 0 aromatic rings. The van der Waals surface area contributed by atoms with E-state index >= 15 is 0 Å². The van der Waals surface area contributed by atoms with Gasteiger partial charge < -0.3 is 10.0 Å². The largest absolute Gasteiger partial charge is 0.481 e. The first-order valence-electron chi connectivity index (χ1n) is 8.54. The Hall–Kier alpha value is -1.06. The Kier molecular flexibility index (Phi) is 5.65. The van der Waals surface area contributed by atoms with E-state index in [1.807, 2.05) is 4.90 Å². The van der Waals surface area contributed by atoms with E-state index in [0.717, 1.165) is 38.3 Å². The van der Waals surface area contributed by atoms with Crippen molar-refractivity contribution in [2.45, 2.75) is 58.8 Å². The Morgan fingerprint density at radius 3 is 2.52 bits per heavy atom. The average Bonchev–Trinajstić information content (AvgIpc) is 2.68. The number of hydrogen-bond donors (Lipinski definition) is 1. The molecule has 4 heteroatoms. The van der Waals surface area contributed by atoms with Gasteiger partial charge in [0.15, 0.2) is 0 Å². The quantitative estimate of drug-likeness (QED) is 0.866. The molecule has 1 saturated heterocycles. The molecule has 0 aromatic heterocycles. The number of carbonyl (C=O) groups is 2. The molecule has 1 N–H and O–H groups in total. The lowest BCUT2D eigenvalue weighted by molar-refractivity contribution is -0.149. The number of amides is 1. The number of aliphatic carboxylic acids is 1. The van der Waals surface area contributed by atoms with Crippen molar-refractivity contribution in [1.29, 1.82) is 0 Å². The molecule has 1 amide bonds. The summed E-state index contributed by atoms with van der Waals surface area (Å²) in [5, 5.41) is 9.35. The van der Waals surface area contributed by atoms with Gasteiger partial charge >= 0.3 is 5.97 Å². The summed E-state index contributed by atoms with van der Waals surface area (Å²) in [6.07, 6.45) is 7.21. The van der Waals surface area contributed by atoms with Gasteiger partial charge in [-0.3, -0.25) is 9.59 Å². The van der Waals surface area contributed by atoms with Crippen LogP contribution in [0.25, 0.3) is 0 Å². The van der Waals surface area contributed by atoms with Gasteiger partial charge in [0.1, 0.15) is 0 Å². The summed E-state index contributed by atoms with van der Waals surface area (Å²) in [5.74, 6) is -0.367. The van der Waals surface area contributed by atoms with Gasteiger partial charge in [-0.25, -0.2) is 0 Å². The third kappa shape index (κ3) is 3.98. The molecular weight excluding hydrogens is 266 g/mol. The van der Waals surface area contributed by atoms with Crippen LogP contribution in [0.2, 0.25) is 0 Å². The van der Waals surface area contributed by atoms with Crippen LogP contribution in [0.1, 0.15) is 58.8 Å². The Balaban J connectivity index is 1.97. The number of hydrogen-bond acceptors (Lipinski definition) is 2. The first kappa shape index (κ1) is 16.3. The van der Waals surface area contributed by atoms with Gasteiger partial charge in [0.25, 0.3) is 0 Å². The third-order valence-electron chi connectivity index (χ3n) is 5.29. The van der Waals surface area contributed by atoms with Crippen molar-refractivity contribution < 1.29 is 14.7 Å². The van der Waals surface area contributed by atoms with Crippen LogP contribution in [0.4, 0.5) is 0 Å². The molecule has 1 aliphatic carbocycles. The van der Waals surface area contributed by atoms with Crippen molar-refractivity contribution in [3.63, 3.8) is 0 Å². The molecule has 4 atom stereocenters. The van der Waals surface area contributed by atoms with Crippen LogP contribution >= 0.6 is 0 Å². The highest BCUT2D eigenvalue weighted by Crippen LogP contribution is 2.38. The van der Waals surface area contributed by atoms with Crippen LogP contribution in [0.3, 0.4) is 0 Å². The van der Waals surface area contributed by atoms with Gasteiger partial charge in [0.2, 0.25) is 5.91 Å². The minimum Gasteiger partial charge on any atom is -0.481 e. The SMILES string of the molecule is CCCC1CCCN(C(=O)C2CC(C)CC2C(=O)O)CC1. The monoisotopic (exact) mass is 295 g/mol. The maximum Gasteiger partial charge on any atom is 0.307 e. The summed E-state index contributed by atoms with van der Waals surface area (Å²) in [4.78, 5) is 26.1. The van der Waals surface area contributed by atoms with E-state index in [1.54, 1.807) is 0 Å². The second kappa shape index (κ2) is 7.28. The van der Waals surface area contributed by atoms with Crippen LogP contribution < -0.4 is 0 Å². The minimum atomic E-state index is -0.795. The second-order valence-electron chi connectivity index (χ2n) is 7.04. The molecule has 2 fully saturated rings. The summed E-state index contributed by atoms with van der Waals surface area (Å²) in [6, 6.07) is 0. The summed E-state index contributed by atoms with van der Waals surface area (Å²) in [6.45, 7) is 5.91. The van der Waals surface area contributed by atoms with E-state index in [-0.39, 0.29) is 11.8 Å². The highest BCUT2D eigenvalue weighted by Gasteiger charge is 2.42. The minimum absolute atomic E-state index is 0.101. The molecular formula is C17H29NO3. The summed E-state index contributed by atoms with van der Waals surface area (Å²) in [5.41, 5.74) is 0. The lowest BCUT2D eigenvalue weighted by atomic mass is 9.94. The first-order valence-corrected chi connectivity index (χ1v) is 8.54. The standard InChI is InChI=1S/C17H29NO3/c1-3-5-13-6-4-8-18(9-7-13)16(19)14-10-12(2)11-15(14)17(20)21/h12-15H,3-11H2,1-2H3,(H,20,21). The van der Waals surface area contributed by atoms with Gasteiger partial charge in [-0.05, 0) is 43.9 Å². The highest BCUT2D eigenvalue weighted by molar-refractivity contribution is 5.85. The molecule has 4 nitrogen and oxygen atoms in total. The van der Waals surface area contributed by atoms with Crippen molar-refractivity contribution >= 4 is 11.9 Å². The molecule has 0 bridgehead atoms. The third-order valence-corrected chi connectivity index (χ3v) is 5.29. The Labute approximate surface area is 127 Å². The smallest absolute Gasteiger partial charge is 0.307 e. The predicted molar refractivity (Wildman–Crippen MR) is 81.8 cm³/mol. The molecule has 21 heavy (non-hydrogen) atoms. The van der Waals surface area contributed by atoms with E-state index < -0.39 is 11.9 Å². The zero-order valence-corrected chi connectivity index (χ0v) is 13.4. The van der Waals surface area contributed by atoms with Crippen molar-refractivity contribution in [3.8, 4) is 0 Å². The zero-order chi connectivity index (χ0) is 15.4. The Morgan fingerprint density at radius 2 is 1.86 bits per heavy atom. The maximum absolute atomic E-state index is 12.7. The second-order valence-corrected chi connectivity index (χ2v) is 7.04. The van der Waals surface area contributed by atoms with Crippen LogP contribution in [0.15, 0.2) is 0 Å². The van der Waals surface area contributed by atoms with Crippen LogP contribution in [-0.4, -0.2) is 35.0 Å². The summed E-state index contributed by atoms with van der Waals surface area (Å²) >= 11 is 0. The van der Waals surface area contributed by atoms with Gasteiger partial charge in [-0.2, -0.15) is 0 Å². The maximum atomic E-state index is 12.7. The Morgan fingerprint density at radius 1 is 1.14 bits per heavy atom. The van der Waals surface area contributed by atoms with Crippen molar-refractivity contribution in [1.82, 2.24) is 4.90 Å². The van der Waals surface area contributed by atoms with E-state index in [9.17, 15) is 14.7 Å². The molecule has 4 unspecified atom stereocenters. The fourth-order valence-electron chi connectivity index (χ4n) is 4.15. The van der Waals surface area contributed by atoms with Crippen molar-refractivity contribution in [3.05, 3.63) is 0 Å². The van der Waals surface area contributed by atoms with E-state index in [4.69, 9.17) is 0 Å². The van der Waals surface area contributed by atoms with Crippen LogP contribution in [-0.2, 0) is 9.59 Å². The average molecular weight is 295 g/mol. The summed E-state index contributed by atoms with van der Waals surface area (Å²) < 4.78 is 0. The fourth-order valence-corrected chi connectivity index (χ4v) is 4.15. The molecule has 0 radical (unpaired) electrons. The first-order chi connectivity index (χ1) is 10.0. The van der Waals surface area contributed by atoms with Gasteiger partial charge in [0.05, 0.1) is 11.8 Å². The number of carbonyl (C=O) groups excluding carboxylic acids is 1. The highest BCUT2D eigenvalue weighted by atomic mass is 16.4. The van der Waals surface area contributed by atoms with Crippen molar-refractivity contribution in [2.24, 2.45) is 23.7 Å². The van der Waals surface area contributed by atoms with E-state index in [0.29, 0.717) is 12.3 Å². The van der Waals surface area contributed by atoms with Gasteiger partial charge in [0, 0.05) is 13.1 Å². The topological polar surface area (TPSA) is 57.6 Å². The fraction of sp³-hybridized carbons (Fsp3) is 0.882. The Bertz CT molecular complexity index is 382. The van der Waals surface area contributed by atoms with E-state index in [2.05, 4.69) is 13.8 Å². The number of nitrogens with zero attached hydrogens (tertiary/aromatic N) is 1. The van der Waals surface area contributed by atoms with Gasteiger partial charge in [-0.1, -0.05) is 26.7 Å².